The summed E-state index contributed by atoms with van der Waals surface area (Å²) in [4.78, 5) is 35.6. The molecule has 0 aliphatic carbocycles. The Kier molecular flexibility index (Phi) is 7.83. The first kappa shape index (κ1) is 21.2. The summed E-state index contributed by atoms with van der Waals surface area (Å²) in [6.07, 6.45) is 1.62. The van der Waals surface area contributed by atoms with Crippen LogP contribution in [0.5, 0.6) is 0 Å². The van der Waals surface area contributed by atoms with Gasteiger partial charge in [-0.2, -0.15) is 0 Å². The zero-order valence-electron chi connectivity index (χ0n) is 15.9. The molecule has 26 heavy (non-hydrogen) atoms. The maximum absolute atomic E-state index is 12.0. The van der Waals surface area contributed by atoms with E-state index in [0.717, 1.165) is 12.0 Å². The number of hydrogen-bond acceptors (Lipinski definition) is 4. The van der Waals surface area contributed by atoms with Crippen LogP contribution in [0.15, 0.2) is 35.9 Å². The van der Waals surface area contributed by atoms with Crippen LogP contribution >= 0.6 is 0 Å². The van der Waals surface area contributed by atoms with Gasteiger partial charge in [-0.1, -0.05) is 24.6 Å². The Morgan fingerprint density at radius 3 is 2.19 bits per heavy atom. The van der Waals surface area contributed by atoms with Crippen molar-refractivity contribution in [2.24, 2.45) is 0 Å². The predicted octanol–water partition coefficient (Wildman–Crippen LogP) is 3.44. The fraction of sp³-hybridized carbons (Fsp3) is 0.421. The Morgan fingerprint density at radius 2 is 1.65 bits per heavy atom. The Morgan fingerprint density at radius 1 is 1.08 bits per heavy atom. The van der Waals surface area contributed by atoms with E-state index in [9.17, 15) is 14.4 Å². The molecule has 3 amide bonds. The number of ether oxygens (including phenoxy) is 1. The van der Waals surface area contributed by atoms with Gasteiger partial charge < -0.3 is 20.7 Å². The van der Waals surface area contributed by atoms with E-state index < -0.39 is 17.6 Å². The average Bonchev–Trinajstić information content (AvgIpc) is 2.53. The molecule has 0 radical (unpaired) electrons. The number of amides is 3. The Balaban J connectivity index is 2.66. The maximum Gasteiger partial charge on any atom is 0.408 e. The lowest BCUT2D eigenvalue weighted by molar-refractivity contribution is -0.115. The highest BCUT2D eigenvalue weighted by atomic mass is 16.6. The third kappa shape index (κ3) is 8.32. The van der Waals surface area contributed by atoms with Gasteiger partial charge in [0, 0.05) is 6.08 Å². The summed E-state index contributed by atoms with van der Waals surface area (Å²) in [5.74, 6) is -0.698. The van der Waals surface area contributed by atoms with Crippen LogP contribution in [0.1, 0.15) is 41.0 Å². The second-order valence-corrected chi connectivity index (χ2v) is 6.78. The maximum atomic E-state index is 12.0. The molecule has 1 aromatic carbocycles. The number of benzene rings is 1. The number of alkyl carbamates (subject to hydrolysis) is 1. The lowest BCUT2D eigenvalue weighted by Crippen LogP contribution is -2.37. The first-order valence-corrected chi connectivity index (χ1v) is 8.44. The molecule has 7 nitrogen and oxygen atoms in total. The fourth-order valence-corrected chi connectivity index (χ4v) is 1.86. The van der Waals surface area contributed by atoms with Crippen molar-refractivity contribution in [2.45, 2.75) is 46.6 Å². The first-order valence-electron chi connectivity index (χ1n) is 8.44. The second-order valence-electron chi connectivity index (χ2n) is 6.78. The molecule has 0 spiro atoms. The molecule has 0 unspecified atom stereocenters. The molecule has 0 saturated heterocycles. The number of allylic oxidation sites excluding steroid dienone is 1. The van der Waals surface area contributed by atoms with Crippen LogP contribution in [0.2, 0.25) is 0 Å². The zero-order valence-corrected chi connectivity index (χ0v) is 15.9. The Labute approximate surface area is 154 Å². The topological polar surface area (TPSA) is 96.5 Å². The van der Waals surface area contributed by atoms with E-state index in [1.165, 1.54) is 6.08 Å². The molecule has 0 bridgehead atoms. The number of carbonyl (C=O) groups is 3. The first-order chi connectivity index (χ1) is 12.1. The second kappa shape index (κ2) is 9.60. The third-order valence-corrected chi connectivity index (χ3v) is 3.19. The van der Waals surface area contributed by atoms with Gasteiger partial charge in [0.25, 0.3) is 0 Å². The molecule has 1 rings (SSSR count). The highest BCUT2D eigenvalue weighted by Crippen LogP contribution is 2.21. The van der Waals surface area contributed by atoms with Gasteiger partial charge in [-0.3, -0.25) is 9.59 Å². The molecule has 0 aliphatic rings. The van der Waals surface area contributed by atoms with Crippen LogP contribution in [0, 0.1) is 0 Å². The highest BCUT2D eigenvalue weighted by molar-refractivity contribution is 6.04. The molecule has 0 fully saturated rings. The summed E-state index contributed by atoms with van der Waals surface area (Å²) in [5.41, 5.74) is 1.23. The van der Waals surface area contributed by atoms with Gasteiger partial charge in [0.1, 0.15) is 12.1 Å². The average molecular weight is 361 g/mol. The number of anilines is 2. The minimum Gasteiger partial charge on any atom is -0.444 e. The normalized spacial score (nSPS) is 11.5. The zero-order chi connectivity index (χ0) is 19.7. The Hall–Kier alpha value is -2.83. The van der Waals surface area contributed by atoms with E-state index >= 15 is 0 Å². The standard InChI is InChI=1S/C19H27N3O4/c1-6-13(2)11-16(23)21-14-9-7-8-10-15(14)22-17(24)12-20-18(25)26-19(3,4)5/h7-11H,6,12H2,1-5H3,(H,20,25)(H,21,23)(H,22,24)/b13-11+. The van der Waals surface area contributed by atoms with Gasteiger partial charge in [0.15, 0.2) is 0 Å². The molecule has 1 aromatic rings. The summed E-state index contributed by atoms with van der Waals surface area (Å²) in [6.45, 7) is 8.80. The molecule has 142 valence electrons. The van der Waals surface area contributed by atoms with Crippen LogP contribution in [-0.2, 0) is 14.3 Å². The van der Waals surface area contributed by atoms with Gasteiger partial charge in [-0.05, 0) is 46.2 Å². The van der Waals surface area contributed by atoms with Crippen molar-refractivity contribution in [2.75, 3.05) is 17.2 Å². The third-order valence-electron chi connectivity index (χ3n) is 3.19. The molecule has 0 atom stereocenters. The van der Waals surface area contributed by atoms with Crippen LogP contribution in [0.4, 0.5) is 16.2 Å². The van der Waals surface area contributed by atoms with Crippen LogP contribution < -0.4 is 16.0 Å². The number of hydrogen-bond donors (Lipinski definition) is 3. The lowest BCUT2D eigenvalue weighted by atomic mass is 10.2. The SMILES string of the molecule is CC/C(C)=C/C(=O)Nc1ccccc1NC(=O)CNC(=O)OC(C)(C)C. The van der Waals surface area contributed by atoms with Gasteiger partial charge in [0.2, 0.25) is 11.8 Å². The molecule has 3 N–H and O–H groups in total. The van der Waals surface area contributed by atoms with Crippen molar-refractivity contribution in [3.8, 4) is 0 Å². The van der Waals surface area contributed by atoms with E-state index in [-0.39, 0.29) is 12.5 Å². The summed E-state index contributed by atoms with van der Waals surface area (Å²) >= 11 is 0. The van der Waals surface area contributed by atoms with Crippen molar-refractivity contribution in [3.05, 3.63) is 35.9 Å². The summed E-state index contributed by atoms with van der Waals surface area (Å²) < 4.78 is 5.07. The highest BCUT2D eigenvalue weighted by Gasteiger charge is 2.17. The van der Waals surface area contributed by atoms with Crippen molar-refractivity contribution < 1.29 is 19.1 Å². The Bertz CT molecular complexity index is 690. The lowest BCUT2D eigenvalue weighted by Gasteiger charge is -2.19. The number of carbonyl (C=O) groups excluding carboxylic acids is 3. The predicted molar refractivity (Wildman–Crippen MR) is 102 cm³/mol. The van der Waals surface area contributed by atoms with E-state index in [0.29, 0.717) is 11.4 Å². The molecule has 0 aromatic heterocycles. The summed E-state index contributed by atoms with van der Waals surface area (Å²) in [5, 5.41) is 7.77. The molecule has 0 heterocycles. The van der Waals surface area contributed by atoms with Crippen molar-refractivity contribution >= 4 is 29.3 Å². The number of nitrogens with one attached hydrogen (secondary N) is 3. The van der Waals surface area contributed by atoms with Crippen LogP contribution in [0.25, 0.3) is 0 Å². The van der Waals surface area contributed by atoms with E-state index in [1.54, 1.807) is 45.0 Å². The largest absolute Gasteiger partial charge is 0.444 e. The smallest absolute Gasteiger partial charge is 0.408 e. The monoisotopic (exact) mass is 361 g/mol. The molecule has 7 heteroatoms. The number of rotatable bonds is 6. The van der Waals surface area contributed by atoms with Gasteiger partial charge in [-0.25, -0.2) is 4.79 Å². The minimum atomic E-state index is -0.672. The minimum absolute atomic E-state index is 0.244. The fourth-order valence-electron chi connectivity index (χ4n) is 1.86. The molecular weight excluding hydrogens is 334 g/mol. The molecule has 0 saturated carbocycles. The quantitative estimate of drug-likeness (QED) is 0.676. The van der Waals surface area contributed by atoms with Crippen LogP contribution in [-0.4, -0.2) is 30.1 Å². The van der Waals surface area contributed by atoms with E-state index in [2.05, 4.69) is 16.0 Å². The molecular formula is C19H27N3O4. The van der Waals surface area contributed by atoms with Crippen molar-refractivity contribution in [1.82, 2.24) is 5.32 Å². The van der Waals surface area contributed by atoms with E-state index in [1.807, 2.05) is 13.8 Å². The van der Waals surface area contributed by atoms with E-state index in [4.69, 9.17) is 4.74 Å². The van der Waals surface area contributed by atoms with Crippen molar-refractivity contribution in [3.63, 3.8) is 0 Å². The molecule has 0 aliphatic heterocycles. The van der Waals surface area contributed by atoms with Gasteiger partial charge in [-0.15, -0.1) is 0 Å². The summed E-state index contributed by atoms with van der Waals surface area (Å²) in [7, 11) is 0. The van der Waals surface area contributed by atoms with Crippen LogP contribution in [0.3, 0.4) is 0 Å². The summed E-state index contributed by atoms with van der Waals surface area (Å²) in [6, 6.07) is 6.83. The number of para-hydroxylation sites is 2. The van der Waals surface area contributed by atoms with Gasteiger partial charge >= 0.3 is 6.09 Å². The van der Waals surface area contributed by atoms with Gasteiger partial charge in [0.05, 0.1) is 11.4 Å². The van der Waals surface area contributed by atoms with Crippen molar-refractivity contribution in [1.29, 1.82) is 0 Å².